The third-order valence-corrected chi connectivity index (χ3v) is 6.03. The average Bonchev–Trinajstić information content (AvgIpc) is 2.89. The van der Waals surface area contributed by atoms with Crippen LogP contribution in [0.3, 0.4) is 0 Å². The van der Waals surface area contributed by atoms with Crippen molar-refractivity contribution in [1.82, 2.24) is 14.0 Å². The van der Waals surface area contributed by atoms with E-state index in [9.17, 15) is 14.4 Å². The second-order valence-electron chi connectivity index (χ2n) is 8.38. The van der Waals surface area contributed by atoms with E-state index in [2.05, 4.69) is 11.9 Å². The van der Waals surface area contributed by atoms with Gasteiger partial charge in [-0.2, -0.15) is 4.99 Å². The van der Waals surface area contributed by atoms with E-state index in [1.165, 1.54) is 16.5 Å². The number of amides is 1. The Morgan fingerprint density at radius 1 is 1.11 bits per heavy atom. The molecule has 3 aromatic heterocycles. The lowest BCUT2D eigenvalue weighted by molar-refractivity contribution is -0.113. The van der Waals surface area contributed by atoms with Crippen molar-refractivity contribution in [3.05, 3.63) is 92.8 Å². The number of hydrogen-bond donors (Lipinski definition) is 0. The summed E-state index contributed by atoms with van der Waals surface area (Å²) in [4.78, 5) is 48.3. The van der Waals surface area contributed by atoms with E-state index in [0.29, 0.717) is 22.9 Å². The Hall–Kier alpha value is -4.04. The summed E-state index contributed by atoms with van der Waals surface area (Å²) in [5.41, 5.74) is 1.40. The number of benzene rings is 1. The lowest BCUT2D eigenvalue weighted by Gasteiger charge is -2.15. The predicted octanol–water partition coefficient (Wildman–Crippen LogP) is 4.81. The fourth-order valence-corrected chi connectivity index (χ4v) is 4.10. The number of aryl methyl sites for hydroxylation is 1. The van der Waals surface area contributed by atoms with Gasteiger partial charge in [0.05, 0.1) is 12.0 Å². The first-order valence-corrected chi connectivity index (χ1v) is 12.5. The van der Waals surface area contributed by atoms with E-state index in [1.54, 1.807) is 66.2 Å². The number of carbonyl (C=O) groups is 2. The number of halogens is 1. The van der Waals surface area contributed by atoms with Gasteiger partial charge in [-0.05, 0) is 55.3 Å². The van der Waals surface area contributed by atoms with Crippen molar-refractivity contribution in [2.75, 3.05) is 6.61 Å². The minimum atomic E-state index is -0.667. The lowest BCUT2D eigenvalue weighted by atomic mass is 10.2. The first kappa shape index (κ1) is 26.0. The SMILES string of the molecule is CCCCCn1c(=NC(=O)C=Cc2ccc(Cl)cc2)c(C(=O)OCC)cc2c(=O)n3ccccc3nc21. The highest BCUT2D eigenvalue weighted by Gasteiger charge is 2.19. The summed E-state index contributed by atoms with van der Waals surface area (Å²) in [5, 5.41) is 0.832. The normalized spacial score (nSPS) is 12.0. The third-order valence-electron chi connectivity index (χ3n) is 5.77. The van der Waals surface area contributed by atoms with Gasteiger partial charge in [0.1, 0.15) is 16.9 Å². The standard InChI is InChI=1S/C28H27ClN4O4/c1-3-5-7-17-33-25-21(27(35)32-16-8-6-9-23(32)30-25)18-22(28(36)37-4-2)26(33)31-24(34)15-12-19-10-13-20(29)14-11-19/h6,8-16,18H,3-5,7,17H2,1-2H3. The maximum Gasteiger partial charge on any atom is 0.341 e. The fraction of sp³-hybridized carbons (Fsp3) is 0.250. The molecule has 0 saturated heterocycles. The van der Waals surface area contributed by atoms with Crippen molar-refractivity contribution in [3.63, 3.8) is 0 Å². The number of ether oxygens (including phenoxy) is 1. The molecule has 190 valence electrons. The molecule has 0 atom stereocenters. The molecular formula is C28H27ClN4O4. The Labute approximate surface area is 218 Å². The first-order chi connectivity index (χ1) is 17.9. The fourth-order valence-electron chi connectivity index (χ4n) is 3.97. The van der Waals surface area contributed by atoms with Crippen LogP contribution >= 0.6 is 11.6 Å². The van der Waals surface area contributed by atoms with Gasteiger partial charge in [0, 0.05) is 23.8 Å². The molecule has 3 heterocycles. The van der Waals surface area contributed by atoms with E-state index in [1.807, 2.05) is 0 Å². The van der Waals surface area contributed by atoms with Crippen LogP contribution in [0.4, 0.5) is 0 Å². The minimum Gasteiger partial charge on any atom is -0.462 e. The van der Waals surface area contributed by atoms with Gasteiger partial charge >= 0.3 is 5.97 Å². The number of nitrogens with zero attached hydrogens (tertiary/aromatic N) is 4. The number of unbranched alkanes of at least 4 members (excludes halogenated alkanes) is 2. The maximum atomic E-state index is 13.4. The average molecular weight is 519 g/mol. The van der Waals surface area contributed by atoms with E-state index < -0.39 is 11.9 Å². The van der Waals surface area contributed by atoms with E-state index in [0.717, 1.165) is 24.8 Å². The molecule has 4 aromatic rings. The highest BCUT2D eigenvalue weighted by atomic mass is 35.5. The number of hydrogen-bond acceptors (Lipinski definition) is 5. The quantitative estimate of drug-likeness (QED) is 0.144. The molecule has 0 aliphatic heterocycles. The summed E-state index contributed by atoms with van der Waals surface area (Å²) >= 11 is 5.93. The third kappa shape index (κ3) is 5.86. The van der Waals surface area contributed by atoms with Gasteiger partial charge in [0.25, 0.3) is 11.5 Å². The molecule has 0 unspecified atom stereocenters. The first-order valence-electron chi connectivity index (χ1n) is 12.2. The largest absolute Gasteiger partial charge is 0.462 e. The van der Waals surface area contributed by atoms with Crippen molar-refractivity contribution in [3.8, 4) is 0 Å². The zero-order valence-corrected chi connectivity index (χ0v) is 21.4. The van der Waals surface area contributed by atoms with Crippen LogP contribution in [-0.2, 0) is 16.1 Å². The summed E-state index contributed by atoms with van der Waals surface area (Å²) in [6.07, 6.45) is 7.18. The number of rotatable bonds is 8. The van der Waals surface area contributed by atoms with Crippen LogP contribution in [0.25, 0.3) is 22.8 Å². The number of fused-ring (bicyclic) bond motifs is 2. The molecule has 0 radical (unpaired) electrons. The van der Waals surface area contributed by atoms with E-state index >= 15 is 0 Å². The highest BCUT2D eigenvalue weighted by Crippen LogP contribution is 2.13. The Bertz CT molecular complexity index is 1620. The van der Waals surface area contributed by atoms with Crippen molar-refractivity contribution in [1.29, 1.82) is 0 Å². The van der Waals surface area contributed by atoms with Crippen LogP contribution in [0.5, 0.6) is 0 Å². The molecule has 0 fully saturated rings. The summed E-state index contributed by atoms with van der Waals surface area (Å²) in [5.74, 6) is -1.24. The molecule has 0 bridgehead atoms. The van der Waals surface area contributed by atoms with Gasteiger partial charge in [-0.25, -0.2) is 9.78 Å². The monoisotopic (exact) mass is 518 g/mol. The Kier molecular flexibility index (Phi) is 8.30. The molecule has 0 aliphatic rings. The molecule has 0 saturated carbocycles. The van der Waals surface area contributed by atoms with Crippen LogP contribution in [0.1, 0.15) is 49.0 Å². The van der Waals surface area contributed by atoms with Crippen LogP contribution in [0.15, 0.2) is 70.6 Å². The molecule has 0 aliphatic carbocycles. The molecule has 0 spiro atoms. The molecule has 0 N–H and O–H groups in total. The van der Waals surface area contributed by atoms with Crippen LogP contribution in [0, 0.1) is 0 Å². The number of pyridine rings is 2. The van der Waals surface area contributed by atoms with Crippen molar-refractivity contribution in [2.24, 2.45) is 4.99 Å². The summed E-state index contributed by atoms with van der Waals surface area (Å²) in [6, 6.07) is 13.7. The minimum absolute atomic E-state index is 0.0360. The number of esters is 1. The second-order valence-corrected chi connectivity index (χ2v) is 8.82. The zero-order chi connectivity index (χ0) is 26.4. The predicted molar refractivity (Wildman–Crippen MR) is 143 cm³/mol. The molecule has 1 aromatic carbocycles. The molecule has 8 nitrogen and oxygen atoms in total. The van der Waals surface area contributed by atoms with Gasteiger partial charge in [0.15, 0.2) is 5.49 Å². The number of carbonyl (C=O) groups excluding carboxylic acids is 2. The van der Waals surface area contributed by atoms with Gasteiger partial charge in [0.2, 0.25) is 0 Å². The number of aromatic nitrogens is 3. The molecule has 9 heteroatoms. The van der Waals surface area contributed by atoms with Gasteiger partial charge in [-0.15, -0.1) is 0 Å². The van der Waals surface area contributed by atoms with Gasteiger partial charge in [-0.1, -0.05) is 49.6 Å². The molecule has 37 heavy (non-hydrogen) atoms. The Morgan fingerprint density at radius 3 is 2.62 bits per heavy atom. The van der Waals surface area contributed by atoms with Crippen molar-refractivity contribution >= 4 is 46.2 Å². The molecular weight excluding hydrogens is 492 g/mol. The summed E-state index contributed by atoms with van der Waals surface area (Å²) in [7, 11) is 0. The van der Waals surface area contributed by atoms with Crippen molar-refractivity contribution in [2.45, 2.75) is 39.7 Å². The summed E-state index contributed by atoms with van der Waals surface area (Å²) in [6.45, 7) is 4.31. The smallest absolute Gasteiger partial charge is 0.341 e. The van der Waals surface area contributed by atoms with Crippen LogP contribution < -0.4 is 11.0 Å². The van der Waals surface area contributed by atoms with Crippen LogP contribution in [-0.4, -0.2) is 32.4 Å². The zero-order valence-electron chi connectivity index (χ0n) is 20.7. The topological polar surface area (TPSA) is 95.0 Å². The Balaban J connectivity index is 1.97. The maximum absolute atomic E-state index is 13.4. The molecule has 4 rings (SSSR count). The van der Waals surface area contributed by atoms with E-state index in [4.69, 9.17) is 21.3 Å². The molecule has 1 amide bonds. The lowest BCUT2D eigenvalue weighted by Crippen LogP contribution is -2.32. The second kappa shape index (κ2) is 11.8. The van der Waals surface area contributed by atoms with E-state index in [-0.39, 0.29) is 28.6 Å². The Morgan fingerprint density at radius 2 is 1.89 bits per heavy atom. The van der Waals surface area contributed by atoms with Gasteiger partial charge < -0.3 is 9.30 Å². The highest BCUT2D eigenvalue weighted by molar-refractivity contribution is 6.30. The van der Waals surface area contributed by atoms with Gasteiger partial charge in [-0.3, -0.25) is 14.0 Å². The summed E-state index contributed by atoms with van der Waals surface area (Å²) < 4.78 is 8.37. The van der Waals surface area contributed by atoms with Crippen molar-refractivity contribution < 1.29 is 14.3 Å². The van der Waals surface area contributed by atoms with Crippen LogP contribution in [0.2, 0.25) is 5.02 Å².